The average Bonchev–Trinajstić information content (AvgIpc) is 3.82. The number of hydrogen-bond donors (Lipinski definition) is 5. The number of carbonyl (C=O) groups is 5. The molecule has 4 amide bonds. The molecule has 1 fully saturated rings. The van der Waals surface area contributed by atoms with Crippen molar-refractivity contribution in [2.45, 2.75) is 149 Å². The van der Waals surface area contributed by atoms with E-state index in [4.69, 9.17) is 29.7 Å². The number of piperidine rings is 1. The van der Waals surface area contributed by atoms with Crippen LogP contribution in [0.25, 0.3) is 0 Å². The topological polar surface area (TPSA) is 224 Å². The lowest BCUT2D eigenvalue weighted by atomic mass is 9.84. The first-order valence-electron chi connectivity index (χ1n) is 25.3. The molecule has 1 aliphatic rings. The van der Waals surface area contributed by atoms with Crippen LogP contribution in [0.2, 0.25) is 0 Å². The summed E-state index contributed by atoms with van der Waals surface area (Å²) in [4.78, 5) is 77.5. The summed E-state index contributed by atoms with van der Waals surface area (Å²) in [6.45, 7) is 17.2. The number of alkyl carbamates (subject to hydrolysis) is 1. The Kier molecular flexibility index (Phi) is 27.4. The number of benzene rings is 1. The fourth-order valence-electron chi connectivity index (χ4n) is 8.45. The average molecular weight is 1010 g/mol. The van der Waals surface area contributed by atoms with E-state index in [2.05, 4.69) is 27.8 Å². The fraction of sp³-hybridized carbons (Fsp3) is 0.725. The molecular weight excluding hydrogens is 922 g/mol. The third kappa shape index (κ3) is 20.8. The predicted molar refractivity (Wildman–Crippen MR) is 269 cm³/mol. The van der Waals surface area contributed by atoms with Crippen molar-refractivity contribution in [2.24, 2.45) is 23.0 Å². The summed E-state index contributed by atoms with van der Waals surface area (Å²) < 4.78 is 36.4. The number of unbranched alkanes of at least 4 members (excludes halogenated alkanes) is 3. The Morgan fingerprint density at radius 1 is 0.957 bits per heavy atom. The zero-order chi connectivity index (χ0) is 51.6. The van der Waals surface area contributed by atoms with Crippen molar-refractivity contribution < 1.29 is 52.4 Å². The molecule has 70 heavy (non-hydrogen) atoms. The molecule has 0 saturated carbocycles. The number of likely N-dealkylation sites (N-methyl/N-ethyl adjacent to an activating group) is 1. The van der Waals surface area contributed by atoms with Crippen molar-refractivity contribution in [3.63, 3.8) is 0 Å². The Morgan fingerprint density at radius 2 is 1.63 bits per heavy atom. The van der Waals surface area contributed by atoms with Crippen molar-refractivity contribution in [1.29, 1.82) is 0 Å². The van der Waals surface area contributed by atoms with Gasteiger partial charge in [0.1, 0.15) is 22.6 Å². The highest BCUT2D eigenvalue weighted by molar-refractivity contribution is 7.09. The number of rotatable bonds is 34. The molecule has 2 heterocycles. The van der Waals surface area contributed by atoms with Crippen molar-refractivity contribution in [2.75, 3.05) is 72.9 Å². The molecule has 17 nitrogen and oxygen atoms in total. The monoisotopic (exact) mass is 1010 g/mol. The fourth-order valence-corrected chi connectivity index (χ4v) is 9.29. The van der Waals surface area contributed by atoms with Gasteiger partial charge >= 0.3 is 12.1 Å². The zero-order valence-electron chi connectivity index (χ0n) is 43.1. The molecule has 0 unspecified atom stereocenters. The maximum absolute atomic E-state index is 15.1. The molecular formula is C51H84FN7O10S. The number of carbonyl (C=O) groups excluding carboxylic acids is 4. The van der Waals surface area contributed by atoms with Crippen molar-refractivity contribution in [3.8, 4) is 0 Å². The molecule has 0 bridgehead atoms. The van der Waals surface area contributed by atoms with E-state index >= 15 is 4.79 Å². The van der Waals surface area contributed by atoms with E-state index in [1.165, 1.54) is 12.1 Å². The summed E-state index contributed by atoms with van der Waals surface area (Å²) in [6.07, 6.45) is 5.62. The minimum atomic E-state index is -1.20. The van der Waals surface area contributed by atoms with Crippen LogP contribution in [0.4, 0.5) is 9.18 Å². The molecule has 3 rings (SSSR count). The third-order valence-corrected chi connectivity index (χ3v) is 13.8. The number of likely N-dealkylation sites (tertiary alicyclic amines) is 1. The van der Waals surface area contributed by atoms with Gasteiger partial charge < -0.3 is 50.6 Å². The number of aliphatic carboxylic acids is 1. The van der Waals surface area contributed by atoms with Crippen LogP contribution in [-0.2, 0) is 39.8 Å². The summed E-state index contributed by atoms with van der Waals surface area (Å²) in [6, 6.07) is 3.55. The van der Waals surface area contributed by atoms with Gasteiger partial charge in [-0.05, 0) is 89.1 Å². The van der Waals surface area contributed by atoms with Crippen LogP contribution >= 0.6 is 11.3 Å². The van der Waals surface area contributed by atoms with E-state index in [1.807, 2.05) is 39.6 Å². The molecule has 2 aromatic rings. The largest absolute Gasteiger partial charge is 0.481 e. The molecule has 0 spiro atoms. The number of thiazole rings is 1. The van der Waals surface area contributed by atoms with Gasteiger partial charge in [-0.1, -0.05) is 78.9 Å². The maximum Gasteiger partial charge on any atom is 0.407 e. The lowest BCUT2D eigenvalue weighted by molar-refractivity contribution is -0.147. The molecule has 396 valence electrons. The molecule has 1 aromatic heterocycles. The van der Waals surface area contributed by atoms with E-state index < -0.39 is 53.4 Å². The van der Waals surface area contributed by atoms with Gasteiger partial charge in [0.15, 0.2) is 6.10 Å². The lowest BCUT2D eigenvalue weighted by Crippen LogP contribution is -2.59. The van der Waals surface area contributed by atoms with Crippen LogP contribution < -0.4 is 21.7 Å². The Morgan fingerprint density at radius 3 is 2.24 bits per heavy atom. The van der Waals surface area contributed by atoms with E-state index in [0.29, 0.717) is 63.1 Å². The van der Waals surface area contributed by atoms with Gasteiger partial charge in [-0.25, -0.2) is 14.2 Å². The van der Waals surface area contributed by atoms with Crippen LogP contribution in [0.15, 0.2) is 29.6 Å². The van der Waals surface area contributed by atoms with Crippen LogP contribution in [0.5, 0.6) is 0 Å². The minimum Gasteiger partial charge on any atom is -0.481 e. The number of amides is 4. The molecule has 1 aromatic carbocycles. The Hall–Kier alpha value is -4.27. The molecule has 1 saturated heterocycles. The van der Waals surface area contributed by atoms with Gasteiger partial charge in [0.25, 0.3) is 5.91 Å². The summed E-state index contributed by atoms with van der Waals surface area (Å²) >= 11 is 1.13. The van der Waals surface area contributed by atoms with Gasteiger partial charge in [-0.3, -0.25) is 24.1 Å². The number of halogens is 1. The van der Waals surface area contributed by atoms with Crippen molar-refractivity contribution in [3.05, 3.63) is 51.7 Å². The van der Waals surface area contributed by atoms with Crippen molar-refractivity contribution in [1.82, 2.24) is 30.7 Å². The minimum absolute atomic E-state index is 0.0358. The van der Waals surface area contributed by atoms with E-state index in [-0.39, 0.29) is 67.8 Å². The van der Waals surface area contributed by atoms with Crippen LogP contribution in [0, 0.1) is 23.1 Å². The summed E-state index contributed by atoms with van der Waals surface area (Å²) in [5.41, 5.74) is 4.98. The highest BCUT2D eigenvalue weighted by atomic mass is 32.1. The maximum atomic E-state index is 15.1. The van der Waals surface area contributed by atoms with Gasteiger partial charge in [-0.15, -0.1) is 11.3 Å². The second-order valence-electron chi connectivity index (χ2n) is 19.4. The molecule has 19 heteroatoms. The standard InChI is InChI=1S/C51H84FN7O10S/c1-9-11-12-14-24-59(48(62)44(36(5)10-2)57-46(61)41-16-13-15-23-58(41)8)42(35(3)4)32-43(69-50(65)54-22-26-67-28-30-68-29-27-66-25-21-53)47-56-40(34-70-47)45(60)55-39(33-51(6,7)49(63)64)31-37-17-19-38(52)20-18-37/h17-20,34-36,39,41-44H,9-16,21-33,53H2,1-8H3,(H,54,65)(H,55,60)(H,57,61)(H,63,64)/t36-,39-,41+,42+,43+,44-/m0/s1. The number of carboxylic acids is 1. The highest BCUT2D eigenvalue weighted by Gasteiger charge is 2.39. The quantitative estimate of drug-likeness (QED) is 0.0459. The second kappa shape index (κ2) is 31.9. The van der Waals surface area contributed by atoms with E-state index in [1.54, 1.807) is 31.4 Å². The number of hydrogen-bond acceptors (Lipinski definition) is 13. The summed E-state index contributed by atoms with van der Waals surface area (Å²) in [5, 5.41) is 20.8. The number of nitrogens with zero attached hydrogens (tertiary/aromatic N) is 3. The van der Waals surface area contributed by atoms with Crippen molar-refractivity contribution >= 4 is 41.1 Å². The SMILES string of the molecule is CCCCCCN(C(=O)[C@@H](NC(=O)[C@H]1CCCCN1C)[C@@H](C)CC)[C@H](C[C@@H](OC(=O)NCCOCCOCCOCCN)c1nc(C(=O)N[C@@H](Cc2ccc(F)cc2)CC(C)(C)C(=O)O)cs1)C(C)C. The molecule has 6 N–H and O–H groups in total. The lowest BCUT2D eigenvalue weighted by Gasteiger charge is -2.40. The zero-order valence-corrected chi connectivity index (χ0v) is 43.9. The summed E-state index contributed by atoms with van der Waals surface area (Å²) in [5.74, 6) is -2.68. The Labute approximate surface area is 419 Å². The van der Waals surface area contributed by atoms with Crippen LogP contribution in [-0.4, -0.2) is 147 Å². The molecule has 1 aliphatic heterocycles. The molecule has 6 atom stereocenters. The summed E-state index contributed by atoms with van der Waals surface area (Å²) in [7, 11) is 1.95. The first kappa shape index (κ1) is 60.0. The Bertz CT molecular complexity index is 1870. The van der Waals surface area contributed by atoms with Gasteiger partial charge in [0, 0.05) is 43.5 Å². The van der Waals surface area contributed by atoms with Crippen LogP contribution in [0.1, 0.15) is 140 Å². The molecule has 0 radical (unpaired) electrons. The van der Waals surface area contributed by atoms with Gasteiger partial charge in [0.2, 0.25) is 11.8 Å². The number of nitrogens with one attached hydrogen (secondary N) is 3. The third-order valence-electron chi connectivity index (χ3n) is 12.9. The smallest absolute Gasteiger partial charge is 0.407 e. The van der Waals surface area contributed by atoms with Crippen LogP contribution in [0.3, 0.4) is 0 Å². The van der Waals surface area contributed by atoms with E-state index in [0.717, 1.165) is 62.8 Å². The number of nitrogens with two attached hydrogens (primary N) is 1. The number of ether oxygens (including phenoxy) is 4. The first-order valence-corrected chi connectivity index (χ1v) is 26.2. The van der Waals surface area contributed by atoms with E-state index in [9.17, 15) is 28.7 Å². The normalized spacial score (nSPS) is 16.5. The Balaban J connectivity index is 1.95. The van der Waals surface area contributed by atoms with Gasteiger partial charge in [-0.2, -0.15) is 0 Å². The number of aromatic nitrogens is 1. The second-order valence-corrected chi connectivity index (χ2v) is 20.3. The van der Waals surface area contributed by atoms with Gasteiger partial charge in [0.05, 0.1) is 51.1 Å². The highest BCUT2D eigenvalue weighted by Crippen LogP contribution is 2.32. The predicted octanol–water partition coefficient (Wildman–Crippen LogP) is 6.74. The first-order chi connectivity index (χ1) is 33.4. The number of carboxylic acid groups (broad SMARTS) is 1. The molecule has 0 aliphatic carbocycles.